The molecule has 0 unspecified atom stereocenters. The first-order chi connectivity index (χ1) is 5.42. The van der Waals surface area contributed by atoms with Crippen LogP contribution in [-0.4, -0.2) is 17.1 Å². The van der Waals surface area contributed by atoms with Crippen molar-refractivity contribution >= 4 is 10.9 Å². The van der Waals surface area contributed by atoms with Crippen LogP contribution in [0.5, 0.6) is 5.88 Å². The average molecular weight is 148 g/mol. The number of aromatic nitrogens is 2. The van der Waals surface area contributed by atoms with Gasteiger partial charge in [0.25, 0.3) is 0 Å². The zero-order chi connectivity index (χ0) is 7.68. The van der Waals surface area contributed by atoms with Gasteiger partial charge in [-0.3, -0.25) is 0 Å². The number of rotatable bonds is 1. The second-order valence-electron chi connectivity index (χ2n) is 2.26. The van der Waals surface area contributed by atoms with Crippen LogP contribution < -0.4 is 4.74 Å². The summed E-state index contributed by atoms with van der Waals surface area (Å²) >= 11 is 0. The fourth-order valence-electron chi connectivity index (χ4n) is 1.12. The topological polar surface area (TPSA) is 37.9 Å². The van der Waals surface area contributed by atoms with Crippen LogP contribution in [0.15, 0.2) is 24.5 Å². The maximum atomic E-state index is 5.05. The summed E-state index contributed by atoms with van der Waals surface area (Å²) in [7, 11) is 1.62. The van der Waals surface area contributed by atoms with Crippen molar-refractivity contribution in [1.82, 2.24) is 9.97 Å². The Morgan fingerprint density at radius 1 is 1.45 bits per heavy atom. The van der Waals surface area contributed by atoms with E-state index in [1.165, 1.54) is 0 Å². The number of pyridine rings is 1. The molecule has 0 spiro atoms. The summed E-state index contributed by atoms with van der Waals surface area (Å²) in [5.41, 5.74) is 1.05. The number of H-pyrrole nitrogens is 1. The molecule has 0 radical (unpaired) electrons. The average Bonchev–Trinajstić information content (AvgIpc) is 2.50. The number of methoxy groups -OCH3 is 1. The van der Waals surface area contributed by atoms with Crippen molar-refractivity contribution in [2.24, 2.45) is 0 Å². The van der Waals surface area contributed by atoms with Gasteiger partial charge < -0.3 is 9.72 Å². The third-order valence-corrected chi connectivity index (χ3v) is 1.64. The Morgan fingerprint density at radius 2 is 2.36 bits per heavy atom. The minimum atomic E-state index is 0.670. The van der Waals surface area contributed by atoms with Crippen molar-refractivity contribution in [2.75, 3.05) is 7.11 Å². The number of fused-ring (bicyclic) bond motifs is 1. The van der Waals surface area contributed by atoms with Gasteiger partial charge in [-0.15, -0.1) is 0 Å². The zero-order valence-corrected chi connectivity index (χ0v) is 6.16. The van der Waals surface area contributed by atoms with Gasteiger partial charge in [-0.25, -0.2) is 4.98 Å². The Hall–Kier alpha value is -1.51. The first-order valence-electron chi connectivity index (χ1n) is 3.38. The Labute approximate surface area is 64.0 Å². The van der Waals surface area contributed by atoms with E-state index in [0.717, 1.165) is 10.9 Å². The predicted octanol–water partition coefficient (Wildman–Crippen LogP) is 1.57. The molecule has 11 heavy (non-hydrogen) atoms. The lowest BCUT2D eigenvalue weighted by atomic mass is 10.3. The van der Waals surface area contributed by atoms with Crippen LogP contribution in [0, 0.1) is 0 Å². The third kappa shape index (κ3) is 0.852. The minimum Gasteiger partial charge on any atom is -0.481 e. The smallest absolute Gasteiger partial charge is 0.222 e. The molecule has 0 fully saturated rings. The highest BCUT2D eigenvalue weighted by atomic mass is 16.5. The van der Waals surface area contributed by atoms with Gasteiger partial charge in [-0.2, -0.15) is 0 Å². The number of ether oxygens (including phenoxy) is 1. The molecule has 2 heterocycles. The van der Waals surface area contributed by atoms with Gasteiger partial charge in [0.1, 0.15) is 0 Å². The van der Waals surface area contributed by atoms with E-state index in [-0.39, 0.29) is 0 Å². The van der Waals surface area contributed by atoms with Crippen LogP contribution in [0.25, 0.3) is 10.9 Å². The first-order valence-corrected chi connectivity index (χ1v) is 3.38. The molecule has 3 heteroatoms. The normalized spacial score (nSPS) is 10.3. The molecule has 0 aromatic carbocycles. The number of aromatic amines is 1. The van der Waals surface area contributed by atoms with Crippen molar-refractivity contribution in [2.45, 2.75) is 0 Å². The van der Waals surface area contributed by atoms with Crippen molar-refractivity contribution in [3.8, 4) is 5.88 Å². The van der Waals surface area contributed by atoms with Crippen molar-refractivity contribution in [3.05, 3.63) is 24.5 Å². The van der Waals surface area contributed by atoms with E-state index in [1.807, 2.05) is 18.3 Å². The molecule has 0 saturated carbocycles. The van der Waals surface area contributed by atoms with Gasteiger partial charge in [0.15, 0.2) is 0 Å². The lowest BCUT2D eigenvalue weighted by molar-refractivity contribution is 0.403. The summed E-state index contributed by atoms with van der Waals surface area (Å²) in [5.74, 6) is 0.670. The highest BCUT2D eigenvalue weighted by Crippen LogP contribution is 2.20. The molecule has 0 aliphatic rings. The fraction of sp³-hybridized carbons (Fsp3) is 0.125. The molecular weight excluding hydrogens is 140 g/mol. The van der Waals surface area contributed by atoms with E-state index < -0.39 is 0 Å². The largest absolute Gasteiger partial charge is 0.481 e. The second-order valence-corrected chi connectivity index (χ2v) is 2.26. The molecule has 2 aromatic heterocycles. The Morgan fingerprint density at radius 3 is 3.18 bits per heavy atom. The molecular formula is C8H8N2O. The summed E-state index contributed by atoms with van der Waals surface area (Å²) in [6, 6.07) is 3.86. The first kappa shape index (κ1) is 6.22. The Balaban J connectivity index is 2.79. The van der Waals surface area contributed by atoms with Gasteiger partial charge in [0.2, 0.25) is 5.88 Å². The van der Waals surface area contributed by atoms with Crippen LogP contribution in [0.1, 0.15) is 0 Å². The van der Waals surface area contributed by atoms with E-state index >= 15 is 0 Å². The van der Waals surface area contributed by atoms with Crippen LogP contribution in [0.2, 0.25) is 0 Å². The van der Waals surface area contributed by atoms with E-state index in [0.29, 0.717) is 5.88 Å². The van der Waals surface area contributed by atoms with Crippen LogP contribution in [-0.2, 0) is 0 Å². The summed E-state index contributed by atoms with van der Waals surface area (Å²) in [6.45, 7) is 0. The van der Waals surface area contributed by atoms with Crippen LogP contribution in [0.3, 0.4) is 0 Å². The Bertz CT molecular complexity index is 367. The van der Waals surface area contributed by atoms with Crippen molar-refractivity contribution < 1.29 is 4.74 Å². The van der Waals surface area contributed by atoms with E-state index in [2.05, 4.69) is 9.97 Å². The second kappa shape index (κ2) is 2.27. The van der Waals surface area contributed by atoms with E-state index in [9.17, 15) is 0 Å². The fourth-order valence-corrected chi connectivity index (χ4v) is 1.12. The van der Waals surface area contributed by atoms with Crippen molar-refractivity contribution in [1.29, 1.82) is 0 Å². The molecule has 0 amide bonds. The van der Waals surface area contributed by atoms with Gasteiger partial charge in [-0.1, -0.05) is 0 Å². The molecule has 0 atom stereocenters. The maximum Gasteiger partial charge on any atom is 0.222 e. The van der Waals surface area contributed by atoms with Crippen molar-refractivity contribution in [3.63, 3.8) is 0 Å². The standard InChI is InChI=1S/C8H8N2O/c1-11-8-6-2-4-9-7(6)3-5-10-8/h2-5,9H,1H3. The molecule has 0 bridgehead atoms. The summed E-state index contributed by atoms with van der Waals surface area (Å²) in [6.07, 6.45) is 3.59. The minimum absolute atomic E-state index is 0.670. The molecule has 0 aliphatic heterocycles. The number of nitrogens with one attached hydrogen (secondary N) is 1. The molecule has 56 valence electrons. The van der Waals surface area contributed by atoms with Gasteiger partial charge in [-0.05, 0) is 12.1 Å². The monoisotopic (exact) mass is 148 g/mol. The van der Waals surface area contributed by atoms with Crippen LogP contribution in [0.4, 0.5) is 0 Å². The molecule has 0 saturated heterocycles. The molecule has 2 aromatic rings. The molecule has 2 rings (SSSR count). The summed E-state index contributed by atoms with van der Waals surface area (Å²) in [5, 5.41) is 1.02. The van der Waals surface area contributed by atoms with E-state index in [1.54, 1.807) is 13.3 Å². The number of nitrogens with zero attached hydrogens (tertiary/aromatic N) is 1. The lowest BCUT2D eigenvalue weighted by Gasteiger charge is -1.97. The van der Waals surface area contributed by atoms with Gasteiger partial charge >= 0.3 is 0 Å². The van der Waals surface area contributed by atoms with Gasteiger partial charge in [0.05, 0.1) is 18.0 Å². The number of hydrogen-bond acceptors (Lipinski definition) is 2. The summed E-state index contributed by atoms with van der Waals surface area (Å²) < 4.78 is 5.05. The quantitative estimate of drug-likeness (QED) is 0.666. The molecule has 3 nitrogen and oxygen atoms in total. The highest BCUT2D eigenvalue weighted by molar-refractivity contribution is 5.83. The highest BCUT2D eigenvalue weighted by Gasteiger charge is 2.00. The summed E-state index contributed by atoms with van der Waals surface area (Å²) in [4.78, 5) is 7.13. The van der Waals surface area contributed by atoms with Crippen LogP contribution >= 0.6 is 0 Å². The van der Waals surface area contributed by atoms with E-state index in [4.69, 9.17) is 4.74 Å². The number of hydrogen-bond donors (Lipinski definition) is 1. The molecule has 1 N–H and O–H groups in total. The third-order valence-electron chi connectivity index (χ3n) is 1.64. The maximum absolute atomic E-state index is 5.05. The SMILES string of the molecule is COc1nccc2[nH]ccc12. The molecule has 0 aliphatic carbocycles. The zero-order valence-electron chi connectivity index (χ0n) is 6.16. The predicted molar refractivity (Wildman–Crippen MR) is 42.6 cm³/mol. The Kier molecular flexibility index (Phi) is 1.28. The lowest BCUT2D eigenvalue weighted by Crippen LogP contribution is -1.86. The van der Waals surface area contributed by atoms with Gasteiger partial charge in [0, 0.05) is 12.4 Å².